The van der Waals surface area contributed by atoms with Gasteiger partial charge >= 0.3 is 0 Å². The molecule has 0 aliphatic carbocycles. The predicted molar refractivity (Wildman–Crippen MR) is 76.0 cm³/mol. The average Bonchev–Trinajstić information content (AvgIpc) is 2.97. The van der Waals surface area contributed by atoms with E-state index in [-0.39, 0.29) is 11.9 Å². The van der Waals surface area contributed by atoms with Gasteiger partial charge in [-0.15, -0.1) is 11.3 Å². The maximum absolute atomic E-state index is 11.9. The van der Waals surface area contributed by atoms with Crippen molar-refractivity contribution in [2.24, 2.45) is 0 Å². The van der Waals surface area contributed by atoms with Crippen LogP contribution < -0.4 is 5.32 Å². The molecule has 2 aromatic rings. The first kappa shape index (κ1) is 13.4. The monoisotopic (exact) mass is 327 g/mol. The number of aryl methyl sites for hydroxylation is 1. The van der Waals surface area contributed by atoms with E-state index in [1.807, 2.05) is 30.5 Å². The molecule has 1 amide bonds. The molecule has 0 spiro atoms. The van der Waals surface area contributed by atoms with E-state index in [9.17, 15) is 4.79 Å². The zero-order valence-corrected chi connectivity index (χ0v) is 12.4. The summed E-state index contributed by atoms with van der Waals surface area (Å²) in [5, 5.41) is 4.82. The fourth-order valence-electron chi connectivity index (χ4n) is 1.62. The van der Waals surface area contributed by atoms with Crippen LogP contribution in [0.25, 0.3) is 0 Å². The van der Waals surface area contributed by atoms with Gasteiger partial charge in [-0.2, -0.15) is 0 Å². The van der Waals surface area contributed by atoms with E-state index in [0.29, 0.717) is 5.56 Å². The van der Waals surface area contributed by atoms with Crippen molar-refractivity contribution in [1.82, 2.24) is 5.32 Å². The van der Waals surface area contributed by atoms with Gasteiger partial charge in [0.05, 0.1) is 15.6 Å². The zero-order chi connectivity index (χ0) is 13.0. The molecule has 0 saturated carbocycles. The molecule has 18 heavy (non-hydrogen) atoms. The third-order valence-electron chi connectivity index (χ3n) is 2.61. The van der Waals surface area contributed by atoms with Gasteiger partial charge in [0.2, 0.25) is 0 Å². The highest BCUT2D eigenvalue weighted by molar-refractivity contribution is 9.11. The van der Waals surface area contributed by atoms with E-state index in [0.717, 1.165) is 22.4 Å². The van der Waals surface area contributed by atoms with Gasteiger partial charge in [-0.1, -0.05) is 0 Å². The maximum atomic E-state index is 11.9. The van der Waals surface area contributed by atoms with Gasteiger partial charge in [0.1, 0.15) is 5.76 Å². The lowest BCUT2D eigenvalue weighted by molar-refractivity contribution is 0.0938. The lowest BCUT2D eigenvalue weighted by Gasteiger charge is -2.12. The number of nitrogens with one attached hydrogen (secondary N) is 1. The Morgan fingerprint density at radius 1 is 1.61 bits per heavy atom. The molecule has 1 unspecified atom stereocenters. The second-order valence-electron chi connectivity index (χ2n) is 4.13. The van der Waals surface area contributed by atoms with E-state index in [4.69, 9.17) is 4.42 Å². The minimum Gasteiger partial charge on any atom is -0.469 e. The van der Waals surface area contributed by atoms with Crippen molar-refractivity contribution < 1.29 is 9.21 Å². The van der Waals surface area contributed by atoms with Crippen LogP contribution in [0.5, 0.6) is 0 Å². The smallest absolute Gasteiger partial charge is 0.252 e. The molecule has 0 saturated heterocycles. The number of rotatable bonds is 5. The van der Waals surface area contributed by atoms with Crippen molar-refractivity contribution in [3.05, 3.63) is 45.0 Å². The summed E-state index contributed by atoms with van der Waals surface area (Å²) >= 11 is 4.86. The van der Waals surface area contributed by atoms with Gasteiger partial charge in [-0.05, 0) is 47.5 Å². The Bertz CT molecular complexity index is 507. The van der Waals surface area contributed by atoms with Crippen molar-refractivity contribution in [2.45, 2.75) is 25.8 Å². The SMILES string of the molecule is CC(CCc1ccco1)NC(=O)c1csc(Br)c1. The number of halogens is 1. The van der Waals surface area contributed by atoms with Crippen LogP contribution in [-0.4, -0.2) is 11.9 Å². The van der Waals surface area contributed by atoms with Gasteiger partial charge in [0.25, 0.3) is 5.91 Å². The number of hydrogen-bond donors (Lipinski definition) is 1. The fourth-order valence-corrected chi connectivity index (χ4v) is 2.76. The third-order valence-corrected chi connectivity index (χ3v) is 4.12. The van der Waals surface area contributed by atoms with E-state index in [1.54, 1.807) is 6.26 Å². The van der Waals surface area contributed by atoms with E-state index < -0.39 is 0 Å². The summed E-state index contributed by atoms with van der Waals surface area (Å²) in [7, 11) is 0. The number of carbonyl (C=O) groups excluding carboxylic acids is 1. The van der Waals surface area contributed by atoms with Crippen molar-refractivity contribution in [3.8, 4) is 0 Å². The molecule has 2 rings (SSSR count). The van der Waals surface area contributed by atoms with Gasteiger partial charge in [0.15, 0.2) is 0 Å². The molecule has 0 fully saturated rings. The normalized spacial score (nSPS) is 12.3. The second-order valence-corrected chi connectivity index (χ2v) is 6.42. The standard InChI is InChI=1S/C13H14BrNO2S/c1-9(4-5-11-3-2-6-17-11)15-13(16)10-7-12(14)18-8-10/h2-3,6-9H,4-5H2,1H3,(H,15,16). The Morgan fingerprint density at radius 3 is 3.06 bits per heavy atom. The van der Waals surface area contributed by atoms with Crippen LogP contribution in [0.4, 0.5) is 0 Å². The van der Waals surface area contributed by atoms with Crippen LogP contribution in [0.15, 0.2) is 38.0 Å². The highest BCUT2D eigenvalue weighted by Crippen LogP contribution is 2.20. The molecule has 1 N–H and O–H groups in total. The minimum atomic E-state index is -0.0242. The quantitative estimate of drug-likeness (QED) is 0.906. The first-order valence-electron chi connectivity index (χ1n) is 5.72. The molecule has 2 aromatic heterocycles. The first-order valence-corrected chi connectivity index (χ1v) is 7.39. The Balaban J connectivity index is 1.80. The van der Waals surface area contributed by atoms with Crippen LogP contribution in [0, 0.1) is 0 Å². The molecule has 0 bridgehead atoms. The summed E-state index contributed by atoms with van der Waals surface area (Å²) in [6.45, 7) is 2.00. The maximum Gasteiger partial charge on any atom is 0.252 e. The highest BCUT2D eigenvalue weighted by Gasteiger charge is 2.11. The predicted octanol–water partition coefficient (Wildman–Crippen LogP) is 3.85. The molecule has 5 heteroatoms. The molecule has 3 nitrogen and oxygen atoms in total. The molecular weight excluding hydrogens is 314 g/mol. The average molecular weight is 328 g/mol. The highest BCUT2D eigenvalue weighted by atomic mass is 79.9. The van der Waals surface area contributed by atoms with Crippen molar-refractivity contribution in [3.63, 3.8) is 0 Å². The Labute approximate surface area is 118 Å². The van der Waals surface area contributed by atoms with Crippen molar-refractivity contribution in [2.75, 3.05) is 0 Å². The Hall–Kier alpha value is -1.07. The molecule has 1 atom stereocenters. The summed E-state index contributed by atoms with van der Waals surface area (Å²) in [6, 6.07) is 5.78. The number of carbonyl (C=O) groups is 1. The molecule has 0 aromatic carbocycles. The van der Waals surface area contributed by atoms with Crippen LogP contribution in [-0.2, 0) is 6.42 Å². The summed E-state index contributed by atoms with van der Waals surface area (Å²) in [6.07, 6.45) is 3.37. The Kier molecular flexibility index (Phi) is 4.60. The largest absolute Gasteiger partial charge is 0.469 e. The van der Waals surface area contributed by atoms with Crippen molar-refractivity contribution >= 4 is 33.2 Å². The molecule has 2 heterocycles. The Morgan fingerprint density at radius 2 is 2.44 bits per heavy atom. The van der Waals surface area contributed by atoms with Gasteiger partial charge in [0, 0.05) is 17.8 Å². The van der Waals surface area contributed by atoms with E-state index >= 15 is 0 Å². The van der Waals surface area contributed by atoms with Crippen LogP contribution in [0.2, 0.25) is 0 Å². The number of thiophene rings is 1. The molecule has 0 radical (unpaired) electrons. The molecule has 0 aliphatic rings. The first-order chi connectivity index (χ1) is 8.65. The molecule has 96 valence electrons. The van der Waals surface area contributed by atoms with Gasteiger partial charge < -0.3 is 9.73 Å². The second kappa shape index (κ2) is 6.20. The lowest BCUT2D eigenvalue weighted by atomic mass is 10.1. The van der Waals surface area contributed by atoms with Crippen LogP contribution in [0.3, 0.4) is 0 Å². The van der Waals surface area contributed by atoms with E-state index in [1.165, 1.54) is 11.3 Å². The fraction of sp³-hybridized carbons (Fsp3) is 0.308. The van der Waals surface area contributed by atoms with E-state index in [2.05, 4.69) is 21.2 Å². The topological polar surface area (TPSA) is 42.2 Å². The lowest BCUT2D eigenvalue weighted by Crippen LogP contribution is -2.32. The summed E-state index contributed by atoms with van der Waals surface area (Å²) in [5.74, 6) is 0.929. The van der Waals surface area contributed by atoms with Gasteiger partial charge in [-0.25, -0.2) is 0 Å². The minimum absolute atomic E-state index is 0.0242. The van der Waals surface area contributed by atoms with Gasteiger partial charge in [-0.3, -0.25) is 4.79 Å². The zero-order valence-electron chi connectivity index (χ0n) is 9.98. The number of amides is 1. The number of hydrogen-bond acceptors (Lipinski definition) is 3. The van der Waals surface area contributed by atoms with Crippen LogP contribution in [0.1, 0.15) is 29.5 Å². The summed E-state index contributed by atoms with van der Waals surface area (Å²) < 4.78 is 6.23. The molecule has 0 aliphatic heterocycles. The van der Waals surface area contributed by atoms with Crippen molar-refractivity contribution in [1.29, 1.82) is 0 Å². The third kappa shape index (κ3) is 3.71. The summed E-state index contributed by atoms with van der Waals surface area (Å²) in [4.78, 5) is 11.9. The van der Waals surface area contributed by atoms with Crippen LogP contribution >= 0.6 is 27.3 Å². The summed E-state index contributed by atoms with van der Waals surface area (Å²) in [5.41, 5.74) is 0.705. The molecular formula is C13H14BrNO2S. The number of furan rings is 1.